The number of imidazole rings is 1. The smallest absolute Gasteiger partial charge is 0.408 e. The summed E-state index contributed by atoms with van der Waals surface area (Å²) >= 11 is 0. The molecule has 2 aliphatic rings. The molecule has 0 aliphatic carbocycles. The largest absolute Gasteiger partial charge is 0.444 e. The van der Waals surface area contributed by atoms with E-state index in [-0.39, 0.29) is 22.8 Å². The first-order valence-corrected chi connectivity index (χ1v) is 15.3. The number of rotatable bonds is 6. The van der Waals surface area contributed by atoms with Crippen molar-refractivity contribution in [3.05, 3.63) is 71.3 Å². The zero-order chi connectivity index (χ0) is 34.2. The van der Waals surface area contributed by atoms with E-state index < -0.39 is 47.0 Å². The molecule has 242 valence electrons. The van der Waals surface area contributed by atoms with Crippen molar-refractivity contribution in [1.82, 2.24) is 29.7 Å². The van der Waals surface area contributed by atoms with Crippen LogP contribution in [0.3, 0.4) is 0 Å². The Balaban J connectivity index is 1.45. The lowest BCUT2D eigenvalue weighted by Crippen LogP contribution is -2.54. The lowest BCUT2D eigenvalue weighted by molar-refractivity contribution is -0.0507. The molecule has 4 aromatic rings. The maximum absolute atomic E-state index is 15.7. The quantitative estimate of drug-likeness (QED) is 0.322. The highest BCUT2D eigenvalue weighted by Crippen LogP contribution is 2.51. The van der Waals surface area contributed by atoms with Crippen LogP contribution in [0.2, 0.25) is 0 Å². The third-order valence-corrected chi connectivity index (χ3v) is 8.30. The zero-order valence-electron chi connectivity index (χ0n) is 27.5. The van der Waals surface area contributed by atoms with E-state index in [9.17, 15) is 18.4 Å². The Morgan fingerprint density at radius 2 is 1.72 bits per heavy atom. The van der Waals surface area contributed by atoms with Gasteiger partial charge >= 0.3 is 12.7 Å². The molecule has 4 heterocycles. The van der Waals surface area contributed by atoms with Gasteiger partial charge in [-0.2, -0.15) is 8.78 Å². The van der Waals surface area contributed by atoms with Crippen LogP contribution < -0.4 is 10.1 Å². The molecule has 0 unspecified atom stereocenters. The second-order valence-electron chi connectivity index (χ2n) is 14.4. The number of hydrogen-bond acceptors (Lipinski definition) is 7. The number of hydrogen-bond donors (Lipinski definition) is 1. The van der Waals surface area contributed by atoms with Crippen molar-refractivity contribution in [1.29, 1.82) is 0 Å². The molecule has 16 heteroatoms. The predicted molar refractivity (Wildman–Crippen MR) is 176 cm³/mol. The number of alkyl halides is 2. The molecular formula is C31H34B3F3N6O4. The Hall–Kier alpha value is -4.49. The molecule has 2 amide bonds. The van der Waals surface area contributed by atoms with E-state index >= 15 is 4.39 Å². The van der Waals surface area contributed by atoms with Gasteiger partial charge in [-0.15, -0.1) is 0 Å². The normalized spacial score (nSPS) is 17.8. The molecular weight excluding hydrogens is 610 g/mol. The summed E-state index contributed by atoms with van der Waals surface area (Å²) < 4.78 is 55.1. The van der Waals surface area contributed by atoms with Gasteiger partial charge in [0.2, 0.25) is 0 Å². The van der Waals surface area contributed by atoms with Crippen molar-refractivity contribution >= 4 is 46.6 Å². The van der Waals surface area contributed by atoms with Gasteiger partial charge in [0.15, 0.2) is 5.82 Å². The summed E-state index contributed by atoms with van der Waals surface area (Å²) in [7, 11) is 5.71. The predicted octanol–water partition coefficient (Wildman–Crippen LogP) is 2.99. The van der Waals surface area contributed by atoms with Crippen molar-refractivity contribution in [2.75, 3.05) is 0 Å². The van der Waals surface area contributed by atoms with Gasteiger partial charge in [0, 0.05) is 47.1 Å². The number of carbonyl (C=O) groups excluding carboxylic acids is 2. The third-order valence-electron chi connectivity index (χ3n) is 8.30. The van der Waals surface area contributed by atoms with Crippen LogP contribution in [0.1, 0.15) is 80.7 Å². The number of ether oxygens (including phenoxy) is 2. The lowest BCUT2D eigenvalue weighted by Gasteiger charge is -2.40. The van der Waals surface area contributed by atoms with E-state index in [1.165, 1.54) is 30.6 Å². The second kappa shape index (κ2) is 11.1. The molecule has 0 radical (unpaired) electrons. The first kappa shape index (κ1) is 32.5. The van der Waals surface area contributed by atoms with Crippen LogP contribution in [0.25, 0.3) is 22.2 Å². The molecule has 0 saturated carbocycles. The third kappa shape index (κ3) is 5.82. The molecule has 2 aliphatic heterocycles. The van der Waals surface area contributed by atoms with Gasteiger partial charge in [0.1, 0.15) is 46.5 Å². The number of aromatic nitrogens is 4. The summed E-state index contributed by atoms with van der Waals surface area (Å²) in [5.41, 5.74) is 0.417. The van der Waals surface area contributed by atoms with E-state index in [0.717, 1.165) is 0 Å². The highest BCUT2D eigenvalue weighted by atomic mass is 19.3. The first-order chi connectivity index (χ1) is 21.9. The Bertz CT molecular complexity index is 1910. The van der Waals surface area contributed by atoms with Gasteiger partial charge in [-0.3, -0.25) is 4.79 Å². The molecule has 0 saturated heterocycles. The van der Waals surface area contributed by atoms with Crippen molar-refractivity contribution in [2.45, 2.75) is 76.1 Å². The average molecular weight is 644 g/mol. The van der Waals surface area contributed by atoms with Gasteiger partial charge in [-0.1, -0.05) is 6.07 Å². The number of nitrogens with one attached hydrogen (secondary N) is 1. The number of nitrogens with zero attached hydrogens (tertiary/aromatic N) is 5. The van der Waals surface area contributed by atoms with Gasteiger partial charge in [0.25, 0.3) is 5.91 Å². The standard InChI is InChI=1S/C31H34B3F3N6O4/c1-29(2,3)47-28(45)41-30(4,5)26-38-12-14(13-39-26)16-9-19-18(10-17(16)35)40-24-21-11-20(42(19)24)23-15(25(44)43(21)31(32,33)34)7-6-8-22(23)46-27(36)37/h6-10,12-13,20-21,27H,11,32-34H2,1-5H3,(H,41,45)/t20-,21-/m0/s1. The Kier molecular flexibility index (Phi) is 7.63. The summed E-state index contributed by atoms with van der Waals surface area (Å²) in [6, 6.07) is 6.45. The van der Waals surface area contributed by atoms with Gasteiger partial charge in [-0.05, 0) is 58.1 Å². The fraction of sp³-hybridized carbons (Fsp3) is 0.387. The van der Waals surface area contributed by atoms with Crippen LogP contribution in [0.5, 0.6) is 5.75 Å². The Labute approximate surface area is 272 Å². The molecule has 2 aromatic heterocycles. The maximum Gasteiger partial charge on any atom is 0.408 e. The van der Waals surface area contributed by atoms with Crippen LogP contribution in [0.15, 0.2) is 42.7 Å². The summed E-state index contributed by atoms with van der Waals surface area (Å²) in [5, 5.41) is 2.11. The maximum atomic E-state index is 15.7. The molecule has 2 aromatic carbocycles. The van der Waals surface area contributed by atoms with Crippen LogP contribution in [-0.2, 0) is 10.3 Å². The molecule has 47 heavy (non-hydrogen) atoms. The molecule has 0 fully saturated rings. The lowest BCUT2D eigenvalue weighted by atomic mass is 9.48. The fourth-order valence-electron chi connectivity index (χ4n) is 6.53. The minimum Gasteiger partial charge on any atom is -0.444 e. The van der Waals surface area contributed by atoms with Crippen molar-refractivity contribution in [2.24, 2.45) is 0 Å². The monoisotopic (exact) mass is 644 g/mol. The molecule has 2 bridgehead atoms. The van der Waals surface area contributed by atoms with Crippen LogP contribution in [0.4, 0.5) is 18.0 Å². The number of alkyl carbamates (subject to hydrolysis) is 1. The Morgan fingerprint density at radius 3 is 2.34 bits per heavy atom. The summed E-state index contributed by atoms with van der Waals surface area (Å²) in [4.78, 5) is 41.8. The van der Waals surface area contributed by atoms with E-state index in [1.54, 1.807) is 51.7 Å². The number of carbonyl (C=O) groups is 2. The van der Waals surface area contributed by atoms with Crippen molar-refractivity contribution < 1.29 is 32.2 Å². The van der Waals surface area contributed by atoms with Gasteiger partial charge in [-0.25, -0.2) is 24.1 Å². The van der Waals surface area contributed by atoms with E-state index in [2.05, 4.69) is 15.3 Å². The fourth-order valence-corrected chi connectivity index (χ4v) is 6.53. The zero-order valence-corrected chi connectivity index (χ0v) is 27.5. The molecule has 10 nitrogen and oxygen atoms in total. The molecule has 0 spiro atoms. The Morgan fingerprint density at radius 1 is 1.04 bits per heavy atom. The topological polar surface area (TPSA) is 111 Å². The second-order valence-corrected chi connectivity index (χ2v) is 14.4. The summed E-state index contributed by atoms with van der Waals surface area (Å²) in [6.45, 7) is 5.64. The SMILES string of the molecule is BC(B)(B)N1C(=O)c2cccc(OC(F)F)c2[C@@H]2C[C@H]1c1nc3cc(F)c(-c4cnc(C(C)(C)NC(=O)OC(C)(C)C)nc4)cc3n12. The van der Waals surface area contributed by atoms with E-state index in [0.29, 0.717) is 40.2 Å². The van der Waals surface area contributed by atoms with E-state index in [1.807, 2.05) is 28.1 Å². The number of amides is 2. The van der Waals surface area contributed by atoms with Gasteiger partial charge < -0.3 is 24.3 Å². The number of halogens is 3. The minimum absolute atomic E-state index is 0.0889. The molecule has 6 rings (SSSR count). The first-order valence-electron chi connectivity index (χ1n) is 15.3. The van der Waals surface area contributed by atoms with Crippen LogP contribution in [0, 0.1) is 5.82 Å². The van der Waals surface area contributed by atoms with Crippen LogP contribution >= 0.6 is 0 Å². The number of benzene rings is 2. The van der Waals surface area contributed by atoms with Gasteiger partial charge in [0.05, 0.1) is 28.7 Å². The molecule has 1 N–H and O–H groups in total. The van der Waals surface area contributed by atoms with Crippen LogP contribution in [-0.4, -0.2) is 77.4 Å². The molecule has 2 atom stereocenters. The summed E-state index contributed by atoms with van der Waals surface area (Å²) in [6.07, 6.45) is 2.69. The van der Waals surface area contributed by atoms with Crippen molar-refractivity contribution in [3.8, 4) is 16.9 Å². The number of fused-ring (bicyclic) bond motifs is 9. The minimum atomic E-state index is -3.09. The highest BCUT2D eigenvalue weighted by Gasteiger charge is 2.49. The van der Waals surface area contributed by atoms with E-state index in [4.69, 9.17) is 14.5 Å². The average Bonchev–Trinajstić information content (AvgIpc) is 3.42. The highest BCUT2D eigenvalue weighted by molar-refractivity contribution is 6.60. The van der Waals surface area contributed by atoms with Crippen molar-refractivity contribution in [3.63, 3.8) is 0 Å². The summed E-state index contributed by atoms with van der Waals surface area (Å²) in [5.74, 6) is -0.145.